The predicted octanol–water partition coefficient (Wildman–Crippen LogP) is 2.58. The molecule has 1 aromatic carbocycles. The quantitative estimate of drug-likeness (QED) is 0.833. The average Bonchev–Trinajstić information content (AvgIpc) is 3.15. The lowest BCUT2D eigenvalue weighted by Gasteiger charge is -2.23. The SMILES string of the molecule is CC(C)(C(=O)Nc1ccccc1Cl)C(=O)NC1CC1. The van der Waals surface area contributed by atoms with Crippen molar-refractivity contribution in [2.75, 3.05) is 5.32 Å². The second-order valence-corrected chi connectivity index (χ2v) is 5.71. The number of anilines is 1. The maximum absolute atomic E-state index is 12.2. The predicted molar refractivity (Wildman–Crippen MR) is 75.0 cm³/mol. The van der Waals surface area contributed by atoms with Crippen LogP contribution in [-0.2, 0) is 9.59 Å². The third-order valence-corrected chi connectivity index (χ3v) is 3.50. The Hall–Kier alpha value is -1.55. The van der Waals surface area contributed by atoms with Crippen LogP contribution in [0.1, 0.15) is 26.7 Å². The number of hydrogen-bond donors (Lipinski definition) is 2. The highest BCUT2D eigenvalue weighted by Crippen LogP contribution is 2.26. The lowest BCUT2D eigenvalue weighted by molar-refractivity contribution is -0.138. The van der Waals surface area contributed by atoms with Crippen LogP contribution < -0.4 is 10.6 Å². The molecule has 1 aliphatic rings. The zero-order valence-electron chi connectivity index (χ0n) is 11.0. The van der Waals surface area contributed by atoms with E-state index < -0.39 is 5.41 Å². The summed E-state index contributed by atoms with van der Waals surface area (Å²) < 4.78 is 0. The lowest BCUT2D eigenvalue weighted by atomic mass is 9.91. The van der Waals surface area contributed by atoms with Gasteiger partial charge < -0.3 is 10.6 Å². The van der Waals surface area contributed by atoms with Crippen molar-refractivity contribution in [2.45, 2.75) is 32.7 Å². The highest BCUT2D eigenvalue weighted by molar-refractivity contribution is 6.33. The molecule has 0 bridgehead atoms. The van der Waals surface area contributed by atoms with Crippen LogP contribution in [0.2, 0.25) is 5.02 Å². The van der Waals surface area contributed by atoms with Crippen molar-refractivity contribution >= 4 is 29.1 Å². The first kappa shape index (κ1) is 13.9. The van der Waals surface area contributed by atoms with E-state index in [0.29, 0.717) is 10.7 Å². The van der Waals surface area contributed by atoms with Gasteiger partial charge in [0, 0.05) is 6.04 Å². The number of rotatable bonds is 4. The molecule has 0 aromatic heterocycles. The number of hydrogen-bond acceptors (Lipinski definition) is 2. The van der Waals surface area contributed by atoms with Gasteiger partial charge in [-0.2, -0.15) is 0 Å². The summed E-state index contributed by atoms with van der Waals surface area (Å²) in [5.74, 6) is -0.613. The van der Waals surface area contributed by atoms with Gasteiger partial charge in [0.2, 0.25) is 11.8 Å². The van der Waals surface area contributed by atoms with Gasteiger partial charge in [0.1, 0.15) is 5.41 Å². The van der Waals surface area contributed by atoms with Crippen LogP contribution in [-0.4, -0.2) is 17.9 Å². The van der Waals surface area contributed by atoms with Gasteiger partial charge in [-0.3, -0.25) is 9.59 Å². The number of halogens is 1. The van der Waals surface area contributed by atoms with Crippen LogP contribution in [0.4, 0.5) is 5.69 Å². The third kappa shape index (κ3) is 3.26. The molecule has 1 saturated carbocycles. The fraction of sp³-hybridized carbons (Fsp3) is 0.429. The van der Waals surface area contributed by atoms with Crippen molar-refractivity contribution in [3.05, 3.63) is 29.3 Å². The summed E-state index contributed by atoms with van der Waals surface area (Å²) in [4.78, 5) is 24.2. The molecule has 0 unspecified atom stereocenters. The molecular weight excluding hydrogens is 264 g/mol. The Morgan fingerprint density at radius 3 is 2.42 bits per heavy atom. The first-order valence-corrected chi connectivity index (χ1v) is 6.66. The van der Waals surface area contributed by atoms with Gasteiger partial charge in [-0.25, -0.2) is 0 Å². The van der Waals surface area contributed by atoms with Crippen LogP contribution in [0.5, 0.6) is 0 Å². The van der Waals surface area contributed by atoms with E-state index in [9.17, 15) is 9.59 Å². The van der Waals surface area contributed by atoms with Gasteiger partial charge in [0.25, 0.3) is 0 Å². The van der Waals surface area contributed by atoms with E-state index in [-0.39, 0.29) is 17.9 Å². The molecule has 0 radical (unpaired) electrons. The third-order valence-electron chi connectivity index (χ3n) is 3.17. The van der Waals surface area contributed by atoms with E-state index in [1.54, 1.807) is 38.1 Å². The van der Waals surface area contributed by atoms with E-state index in [1.165, 1.54) is 0 Å². The zero-order chi connectivity index (χ0) is 14.0. The molecule has 1 aromatic rings. The van der Waals surface area contributed by atoms with Crippen molar-refractivity contribution < 1.29 is 9.59 Å². The van der Waals surface area contributed by atoms with E-state index in [0.717, 1.165) is 12.8 Å². The lowest BCUT2D eigenvalue weighted by Crippen LogP contribution is -2.45. The normalized spacial score (nSPS) is 14.9. The van der Waals surface area contributed by atoms with Crippen LogP contribution in [0, 0.1) is 5.41 Å². The highest BCUT2D eigenvalue weighted by Gasteiger charge is 2.38. The summed E-state index contributed by atoms with van der Waals surface area (Å²) in [6.45, 7) is 3.22. The molecule has 1 aliphatic carbocycles. The molecular formula is C14H17ClN2O2. The van der Waals surface area contributed by atoms with E-state index >= 15 is 0 Å². The van der Waals surface area contributed by atoms with Gasteiger partial charge in [-0.05, 0) is 38.8 Å². The van der Waals surface area contributed by atoms with Crippen LogP contribution in [0.3, 0.4) is 0 Å². The smallest absolute Gasteiger partial charge is 0.239 e. The van der Waals surface area contributed by atoms with Crippen LogP contribution in [0.25, 0.3) is 0 Å². The fourth-order valence-corrected chi connectivity index (χ4v) is 1.72. The minimum Gasteiger partial charge on any atom is -0.352 e. The molecule has 102 valence electrons. The average molecular weight is 281 g/mol. The molecule has 4 nitrogen and oxygen atoms in total. The second kappa shape index (κ2) is 5.21. The van der Waals surface area contributed by atoms with Crippen molar-refractivity contribution in [3.63, 3.8) is 0 Å². The molecule has 0 atom stereocenters. The molecule has 1 fully saturated rings. The Balaban J connectivity index is 2.05. The Morgan fingerprint density at radius 2 is 1.84 bits per heavy atom. The monoisotopic (exact) mass is 280 g/mol. The number of carbonyl (C=O) groups excluding carboxylic acids is 2. The van der Waals surface area contributed by atoms with Gasteiger partial charge in [0.05, 0.1) is 10.7 Å². The van der Waals surface area contributed by atoms with Crippen molar-refractivity contribution in [1.29, 1.82) is 0 Å². The maximum atomic E-state index is 12.2. The Kier molecular flexibility index (Phi) is 3.80. The Labute approximate surface area is 117 Å². The summed E-state index contributed by atoms with van der Waals surface area (Å²) in [5.41, 5.74) is -0.608. The van der Waals surface area contributed by atoms with Gasteiger partial charge in [-0.1, -0.05) is 23.7 Å². The molecule has 19 heavy (non-hydrogen) atoms. The molecule has 2 N–H and O–H groups in total. The van der Waals surface area contributed by atoms with E-state index in [2.05, 4.69) is 10.6 Å². The number of benzene rings is 1. The second-order valence-electron chi connectivity index (χ2n) is 5.31. The van der Waals surface area contributed by atoms with Gasteiger partial charge in [0.15, 0.2) is 0 Å². The first-order chi connectivity index (χ1) is 8.91. The summed E-state index contributed by atoms with van der Waals surface area (Å²) in [6.07, 6.45) is 1.99. The largest absolute Gasteiger partial charge is 0.352 e. The van der Waals surface area contributed by atoms with Gasteiger partial charge in [-0.15, -0.1) is 0 Å². The molecule has 5 heteroatoms. The first-order valence-electron chi connectivity index (χ1n) is 6.28. The fourth-order valence-electron chi connectivity index (χ4n) is 1.54. The molecule has 0 heterocycles. The minimum atomic E-state index is -1.12. The van der Waals surface area contributed by atoms with Gasteiger partial charge >= 0.3 is 0 Å². The van der Waals surface area contributed by atoms with Crippen LogP contribution >= 0.6 is 11.6 Å². The summed E-state index contributed by atoms with van der Waals surface area (Å²) in [7, 11) is 0. The zero-order valence-corrected chi connectivity index (χ0v) is 11.8. The summed E-state index contributed by atoms with van der Waals surface area (Å²) in [6, 6.07) is 7.19. The Morgan fingerprint density at radius 1 is 1.21 bits per heavy atom. The van der Waals surface area contributed by atoms with Crippen molar-refractivity contribution in [2.24, 2.45) is 5.41 Å². The number of para-hydroxylation sites is 1. The standard InChI is InChI=1S/C14H17ClN2O2/c1-14(2,12(18)16-9-7-8-9)13(19)17-11-6-4-3-5-10(11)15/h3-6,9H,7-8H2,1-2H3,(H,16,18)(H,17,19). The number of carbonyl (C=O) groups is 2. The minimum absolute atomic E-state index is 0.236. The molecule has 2 amide bonds. The molecule has 2 rings (SSSR count). The highest BCUT2D eigenvalue weighted by atomic mass is 35.5. The Bertz CT molecular complexity index is 510. The van der Waals surface area contributed by atoms with E-state index in [1.807, 2.05) is 0 Å². The number of nitrogens with one attached hydrogen (secondary N) is 2. The molecule has 0 saturated heterocycles. The molecule has 0 spiro atoms. The maximum Gasteiger partial charge on any atom is 0.239 e. The van der Waals surface area contributed by atoms with Crippen molar-refractivity contribution in [1.82, 2.24) is 5.32 Å². The molecule has 0 aliphatic heterocycles. The topological polar surface area (TPSA) is 58.2 Å². The van der Waals surface area contributed by atoms with Crippen molar-refractivity contribution in [3.8, 4) is 0 Å². The van der Waals surface area contributed by atoms with Crippen LogP contribution in [0.15, 0.2) is 24.3 Å². The number of amides is 2. The summed E-state index contributed by atoms with van der Waals surface area (Å²) in [5, 5.41) is 5.99. The summed E-state index contributed by atoms with van der Waals surface area (Å²) >= 11 is 5.98. The van der Waals surface area contributed by atoms with E-state index in [4.69, 9.17) is 11.6 Å².